The molecule has 1 aliphatic rings. The maximum Gasteiger partial charge on any atom is 0.166 e. The predicted octanol–water partition coefficient (Wildman–Crippen LogP) is 3.88. The minimum Gasteiger partial charge on any atom is -0.383 e. The summed E-state index contributed by atoms with van der Waals surface area (Å²) in [7, 11) is 0. The van der Waals surface area contributed by atoms with E-state index in [0.717, 1.165) is 28.6 Å². The van der Waals surface area contributed by atoms with Gasteiger partial charge in [-0.3, -0.25) is 0 Å². The Bertz CT molecular complexity index is 870. The molecule has 21 heavy (non-hydrogen) atoms. The van der Waals surface area contributed by atoms with Gasteiger partial charge in [0.05, 0.1) is 10.9 Å². The zero-order chi connectivity index (χ0) is 14.6. The molecule has 0 amide bonds. The van der Waals surface area contributed by atoms with Crippen LogP contribution in [0.25, 0.3) is 21.6 Å². The highest BCUT2D eigenvalue weighted by Crippen LogP contribution is 2.39. The summed E-state index contributed by atoms with van der Waals surface area (Å²) in [4.78, 5) is 11.1. The summed E-state index contributed by atoms with van der Waals surface area (Å²) in [5.41, 5.74) is 8.70. The van der Waals surface area contributed by atoms with Crippen molar-refractivity contribution in [3.05, 3.63) is 40.0 Å². The minimum absolute atomic E-state index is 0.308. The first kappa shape index (κ1) is 12.7. The Labute approximate surface area is 125 Å². The normalized spacial score (nSPS) is 13.8. The summed E-state index contributed by atoms with van der Waals surface area (Å²) in [5, 5.41) is 0.976. The third kappa shape index (κ3) is 1.92. The molecule has 3 nitrogen and oxygen atoms in total. The fraction of sp³-hybridized carbons (Fsp3) is 0.250. The Morgan fingerprint density at radius 3 is 2.90 bits per heavy atom. The number of hydrogen-bond donors (Lipinski definition) is 1. The zero-order valence-corrected chi connectivity index (χ0v) is 12.4. The summed E-state index contributed by atoms with van der Waals surface area (Å²) >= 11 is 1.66. The molecule has 1 aromatic carbocycles. The van der Waals surface area contributed by atoms with Gasteiger partial charge in [0.1, 0.15) is 16.5 Å². The third-order valence-electron chi connectivity index (χ3n) is 3.96. The number of fused-ring (bicyclic) bond motifs is 3. The first-order valence-corrected chi connectivity index (χ1v) is 7.79. The quantitative estimate of drug-likeness (QED) is 0.742. The number of halogens is 1. The van der Waals surface area contributed by atoms with Crippen LogP contribution in [-0.4, -0.2) is 9.97 Å². The van der Waals surface area contributed by atoms with Gasteiger partial charge in [-0.25, -0.2) is 14.4 Å². The Morgan fingerprint density at radius 2 is 2.10 bits per heavy atom. The molecule has 0 unspecified atom stereocenters. The van der Waals surface area contributed by atoms with Crippen LogP contribution in [0.15, 0.2) is 18.2 Å². The van der Waals surface area contributed by atoms with E-state index in [9.17, 15) is 4.39 Å². The van der Waals surface area contributed by atoms with E-state index in [1.807, 2.05) is 13.0 Å². The van der Waals surface area contributed by atoms with E-state index in [-0.39, 0.29) is 5.82 Å². The highest BCUT2D eigenvalue weighted by Gasteiger charge is 2.22. The summed E-state index contributed by atoms with van der Waals surface area (Å²) in [6.45, 7) is 1.86. The number of aromatic nitrogens is 2. The molecule has 0 saturated carbocycles. The van der Waals surface area contributed by atoms with E-state index in [0.29, 0.717) is 17.2 Å². The maximum atomic E-state index is 14.1. The SMILES string of the molecule is Cc1ccc(-c2nc(N)c3c4c(sc3n2)CCC4)c(F)c1. The van der Waals surface area contributed by atoms with Gasteiger partial charge in [-0.1, -0.05) is 6.07 Å². The average Bonchev–Trinajstić information content (AvgIpc) is 2.98. The zero-order valence-electron chi connectivity index (χ0n) is 11.6. The van der Waals surface area contributed by atoms with Crippen LogP contribution in [-0.2, 0) is 12.8 Å². The van der Waals surface area contributed by atoms with Gasteiger partial charge in [0.2, 0.25) is 0 Å². The van der Waals surface area contributed by atoms with E-state index in [4.69, 9.17) is 5.73 Å². The molecule has 1 aliphatic carbocycles. The van der Waals surface area contributed by atoms with Gasteiger partial charge in [-0.2, -0.15) is 0 Å². The van der Waals surface area contributed by atoms with E-state index in [2.05, 4.69) is 9.97 Å². The van der Waals surface area contributed by atoms with Crippen LogP contribution in [0, 0.1) is 12.7 Å². The molecule has 3 aromatic rings. The van der Waals surface area contributed by atoms with Crippen molar-refractivity contribution in [2.75, 3.05) is 5.73 Å². The van der Waals surface area contributed by atoms with Crippen molar-refractivity contribution in [2.24, 2.45) is 0 Å². The Hall–Kier alpha value is -2.01. The smallest absolute Gasteiger partial charge is 0.166 e. The number of rotatable bonds is 1. The van der Waals surface area contributed by atoms with E-state index in [1.54, 1.807) is 17.4 Å². The van der Waals surface area contributed by atoms with Gasteiger partial charge in [0.15, 0.2) is 5.82 Å². The molecule has 0 bridgehead atoms. The Balaban J connectivity index is 1.95. The lowest BCUT2D eigenvalue weighted by molar-refractivity contribution is 0.629. The second-order valence-corrected chi connectivity index (χ2v) is 6.54. The largest absolute Gasteiger partial charge is 0.383 e. The monoisotopic (exact) mass is 299 g/mol. The lowest BCUT2D eigenvalue weighted by Gasteiger charge is -2.05. The number of nitrogen functional groups attached to an aromatic ring is 1. The first-order chi connectivity index (χ1) is 10.1. The van der Waals surface area contributed by atoms with Crippen molar-refractivity contribution in [3.63, 3.8) is 0 Å². The van der Waals surface area contributed by atoms with Crippen LogP contribution in [0.3, 0.4) is 0 Å². The fourth-order valence-corrected chi connectivity index (χ4v) is 4.21. The number of anilines is 1. The predicted molar refractivity (Wildman–Crippen MR) is 84.0 cm³/mol. The topological polar surface area (TPSA) is 51.8 Å². The molecule has 5 heteroatoms. The number of hydrogen-bond acceptors (Lipinski definition) is 4. The van der Waals surface area contributed by atoms with Crippen molar-refractivity contribution >= 4 is 27.4 Å². The standard InChI is InChI=1S/C16H14FN3S/c1-8-5-6-9(11(17)7-8)15-19-14(18)13-10-3-2-4-12(10)21-16(13)20-15/h5-7H,2-4H2,1H3,(H2,18,19,20). The number of aryl methyl sites for hydroxylation is 3. The lowest BCUT2D eigenvalue weighted by atomic mass is 10.1. The molecule has 0 fully saturated rings. The van der Waals surface area contributed by atoms with Gasteiger partial charge < -0.3 is 5.73 Å². The van der Waals surface area contributed by atoms with Crippen molar-refractivity contribution in [1.82, 2.24) is 9.97 Å². The van der Waals surface area contributed by atoms with E-state index in [1.165, 1.54) is 22.9 Å². The molecule has 0 saturated heterocycles. The molecular weight excluding hydrogens is 285 g/mol. The molecule has 0 atom stereocenters. The summed E-state index contributed by atoms with van der Waals surface area (Å²) in [5.74, 6) is 0.532. The molecule has 0 radical (unpaired) electrons. The van der Waals surface area contributed by atoms with Gasteiger partial charge >= 0.3 is 0 Å². The maximum absolute atomic E-state index is 14.1. The lowest BCUT2D eigenvalue weighted by Crippen LogP contribution is -1.99. The Kier molecular flexibility index (Phi) is 2.72. The van der Waals surface area contributed by atoms with Gasteiger partial charge in [-0.15, -0.1) is 11.3 Å². The second kappa shape index (κ2) is 4.49. The van der Waals surface area contributed by atoms with Crippen molar-refractivity contribution in [3.8, 4) is 11.4 Å². The van der Waals surface area contributed by atoms with Crippen LogP contribution < -0.4 is 5.73 Å². The fourth-order valence-electron chi connectivity index (χ4n) is 2.95. The van der Waals surface area contributed by atoms with E-state index >= 15 is 0 Å². The molecule has 106 valence electrons. The minimum atomic E-state index is -0.308. The van der Waals surface area contributed by atoms with Gasteiger partial charge in [0.25, 0.3) is 0 Å². The number of nitrogens with two attached hydrogens (primary N) is 1. The van der Waals surface area contributed by atoms with Crippen LogP contribution in [0.4, 0.5) is 10.2 Å². The third-order valence-corrected chi connectivity index (χ3v) is 5.14. The molecule has 2 N–H and O–H groups in total. The summed E-state index contributed by atoms with van der Waals surface area (Å²) < 4.78 is 14.1. The Morgan fingerprint density at radius 1 is 1.24 bits per heavy atom. The number of benzene rings is 1. The molecule has 0 aliphatic heterocycles. The number of thiophene rings is 1. The molecule has 2 heterocycles. The van der Waals surface area contributed by atoms with Gasteiger partial charge in [-0.05, 0) is 49.4 Å². The second-order valence-electron chi connectivity index (χ2n) is 5.45. The van der Waals surface area contributed by atoms with Crippen molar-refractivity contribution in [2.45, 2.75) is 26.2 Å². The van der Waals surface area contributed by atoms with Gasteiger partial charge in [0, 0.05) is 4.88 Å². The molecule has 2 aromatic heterocycles. The number of nitrogens with zero attached hydrogens (tertiary/aromatic N) is 2. The summed E-state index contributed by atoms with van der Waals surface area (Å²) in [6, 6.07) is 5.07. The van der Waals surface area contributed by atoms with E-state index < -0.39 is 0 Å². The highest BCUT2D eigenvalue weighted by atomic mass is 32.1. The van der Waals surface area contributed by atoms with Crippen LogP contribution in [0.2, 0.25) is 0 Å². The van der Waals surface area contributed by atoms with Crippen molar-refractivity contribution < 1.29 is 4.39 Å². The molecular formula is C16H14FN3S. The van der Waals surface area contributed by atoms with Crippen LogP contribution in [0.1, 0.15) is 22.4 Å². The molecule has 4 rings (SSSR count). The van der Waals surface area contributed by atoms with Crippen LogP contribution >= 0.6 is 11.3 Å². The van der Waals surface area contributed by atoms with Crippen LogP contribution in [0.5, 0.6) is 0 Å². The average molecular weight is 299 g/mol. The highest BCUT2D eigenvalue weighted by molar-refractivity contribution is 7.19. The molecule has 0 spiro atoms. The summed E-state index contributed by atoms with van der Waals surface area (Å²) in [6.07, 6.45) is 3.30. The van der Waals surface area contributed by atoms with Crippen molar-refractivity contribution in [1.29, 1.82) is 0 Å². The first-order valence-electron chi connectivity index (χ1n) is 6.98.